The number of benzene rings is 2. The number of hydrogen-bond acceptors (Lipinski definition) is 8. The second-order valence-electron chi connectivity index (χ2n) is 6.83. The van der Waals surface area contributed by atoms with Gasteiger partial charge in [-0.05, 0) is 55.5 Å². The lowest BCUT2D eigenvalue weighted by atomic mass is 10.1. The van der Waals surface area contributed by atoms with Crippen molar-refractivity contribution < 1.29 is 8.94 Å². The van der Waals surface area contributed by atoms with E-state index in [1.165, 1.54) is 9.48 Å². The second kappa shape index (κ2) is 8.40. The number of aromatic nitrogens is 6. The summed E-state index contributed by atoms with van der Waals surface area (Å²) in [6.07, 6.45) is 1.61. The summed E-state index contributed by atoms with van der Waals surface area (Å²) in [6, 6.07) is 16.9. The minimum Gasteiger partial charge on any atom is -0.409 e. The van der Waals surface area contributed by atoms with Crippen molar-refractivity contribution in [2.45, 2.75) is 13.6 Å². The fraction of sp³-hybridized carbons (Fsp3) is 0.0952. The largest absolute Gasteiger partial charge is 0.409 e. The zero-order valence-electron chi connectivity index (χ0n) is 16.8. The van der Waals surface area contributed by atoms with Crippen molar-refractivity contribution in [3.8, 4) is 28.5 Å². The van der Waals surface area contributed by atoms with E-state index in [1.54, 1.807) is 25.3 Å². The van der Waals surface area contributed by atoms with E-state index >= 15 is 0 Å². The Morgan fingerprint density at radius 3 is 2.62 bits per heavy atom. The first kappa shape index (κ1) is 20.2. The van der Waals surface area contributed by atoms with Crippen molar-refractivity contribution in [3.63, 3.8) is 0 Å². The number of halogens is 1. The predicted molar refractivity (Wildman–Crippen MR) is 121 cm³/mol. The average molecular weight is 466 g/mol. The monoisotopic (exact) mass is 465 g/mol. The van der Waals surface area contributed by atoms with Crippen LogP contribution in [0.25, 0.3) is 28.5 Å². The molecule has 5 aromatic rings. The molecule has 2 aromatic carbocycles. The van der Waals surface area contributed by atoms with E-state index in [0.717, 1.165) is 11.4 Å². The number of anilines is 1. The summed E-state index contributed by atoms with van der Waals surface area (Å²) in [5.74, 6) is 0.819. The molecule has 11 heteroatoms. The van der Waals surface area contributed by atoms with Gasteiger partial charge in [-0.15, -0.1) is 10.2 Å². The van der Waals surface area contributed by atoms with Crippen LogP contribution in [0.15, 0.2) is 69.7 Å². The molecule has 9 nitrogen and oxygen atoms in total. The Morgan fingerprint density at radius 2 is 1.84 bits per heavy atom. The van der Waals surface area contributed by atoms with E-state index in [-0.39, 0.29) is 10.7 Å². The summed E-state index contributed by atoms with van der Waals surface area (Å²) in [7, 11) is 0. The molecular weight excluding hydrogens is 450 g/mol. The average Bonchev–Trinajstić information content (AvgIpc) is 3.52. The van der Waals surface area contributed by atoms with Gasteiger partial charge in [0.2, 0.25) is 0 Å². The molecule has 0 spiro atoms. The maximum absolute atomic E-state index is 5.93. The van der Waals surface area contributed by atoms with Gasteiger partial charge in [-0.1, -0.05) is 35.0 Å². The summed E-state index contributed by atoms with van der Waals surface area (Å²) < 4.78 is 12.7. The molecule has 0 unspecified atom stereocenters. The third-order valence-corrected chi connectivity index (χ3v) is 5.23. The molecule has 0 fully saturated rings. The Hall–Kier alpha value is -3.76. The Labute approximate surface area is 192 Å². The van der Waals surface area contributed by atoms with E-state index in [1.807, 2.05) is 42.5 Å². The minimum atomic E-state index is 0.209. The molecule has 0 saturated carbocycles. The van der Waals surface area contributed by atoms with E-state index in [0.29, 0.717) is 34.4 Å². The predicted octanol–water partition coefficient (Wildman–Crippen LogP) is 5.14. The van der Waals surface area contributed by atoms with Crippen LogP contribution in [0.3, 0.4) is 0 Å². The third-order valence-electron chi connectivity index (χ3n) is 4.68. The summed E-state index contributed by atoms with van der Waals surface area (Å²) in [5, 5.41) is 21.4. The maximum atomic E-state index is 5.93. The number of aryl methyl sites for hydroxylation is 1. The maximum Gasteiger partial charge on any atom is 0.289 e. The lowest BCUT2D eigenvalue weighted by Gasteiger charge is -2.05. The molecule has 32 heavy (non-hydrogen) atoms. The highest BCUT2D eigenvalue weighted by Crippen LogP contribution is 2.32. The number of nitrogens with zero attached hydrogens (tertiary/aromatic N) is 6. The van der Waals surface area contributed by atoms with Crippen molar-refractivity contribution in [3.05, 3.63) is 76.4 Å². The highest BCUT2D eigenvalue weighted by molar-refractivity contribution is 7.71. The van der Waals surface area contributed by atoms with Gasteiger partial charge < -0.3 is 14.3 Å². The van der Waals surface area contributed by atoms with E-state index in [9.17, 15) is 0 Å². The highest BCUT2D eigenvalue weighted by atomic mass is 35.5. The van der Waals surface area contributed by atoms with Crippen LogP contribution in [0.5, 0.6) is 0 Å². The molecule has 0 amide bonds. The van der Waals surface area contributed by atoms with Gasteiger partial charge in [0.25, 0.3) is 10.7 Å². The van der Waals surface area contributed by atoms with Crippen molar-refractivity contribution in [2.24, 2.45) is 0 Å². The lowest BCUT2D eigenvalue weighted by Crippen LogP contribution is -2.09. The zero-order chi connectivity index (χ0) is 22.1. The first-order valence-corrected chi connectivity index (χ1v) is 10.4. The molecule has 0 aliphatic heterocycles. The Kier molecular flexibility index (Phi) is 5.29. The van der Waals surface area contributed by atoms with Gasteiger partial charge in [0.05, 0.1) is 11.9 Å². The van der Waals surface area contributed by atoms with Gasteiger partial charge in [-0.3, -0.25) is 0 Å². The Bertz CT molecular complexity index is 1420. The number of nitrogens with one attached hydrogen (secondary N) is 1. The molecule has 160 valence electrons. The molecule has 0 saturated heterocycles. The van der Waals surface area contributed by atoms with Crippen molar-refractivity contribution in [1.29, 1.82) is 0 Å². The van der Waals surface area contributed by atoms with Crippen LogP contribution in [0, 0.1) is 11.8 Å². The quantitative estimate of drug-likeness (QED) is 0.344. The fourth-order valence-corrected chi connectivity index (χ4v) is 3.41. The molecular formula is C21H16ClN7O2S. The van der Waals surface area contributed by atoms with Gasteiger partial charge in [0, 0.05) is 10.7 Å². The van der Waals surface area contributed by atoms with E-state index in [2.05, 4.69) is 25.8 Å². The Balaban J connectivity index is 1.44. The minimum absolute atomic E-state index is 0.209. The first-order chi connectivity index (χ1) is 15.6. The lowest BCUT2D eigenvalue weighted by molar-refractivity contribution is 0.399. The number of rotatable bonds is 6. The van der Waals surface area contributed by atoms with Crippen molar-refractivity contribution >= 4 is 29.5 Å². The van der Waals surface area contributed by atoms with Crippen LogP contribution in [0.2, 0.25) is 5.02 Å². The molecule has 0 aliphatic rings. The third kappa shape index (κ3) is 3.93. The van der Waals surface area contributed by atoms with Gasteiger partial charge in [-0.25, -0.2) is 4.68 Å². The van der Waals surface area contributed by atoms with Gasteiger partial charge in [0.15, 0.2) is 0 Å². The Morgan fingerprint density at radius 1 is 1.06 bits per heavy atom. The summed E-state index contributed by atoms with van der Waals surface area (Å²) in [6.45, 7) is 2.09. The molecule has 5 rings (SSSR count). The summed E-state index contributed by atoms with van der Waals surface area (Å²) in [5.41, 5.74) is 3.27. The second-order valence-corrected chi connectivity index (χ2v) is 7.62. The normalized spacial score (nSPS) is 11.1. The van der Waals surface area contributed by atoms with Gasteiger partial charge >= 0.3 is 0 Å². The SMILES string of the molecule is Cc1onc(-c2cnn(-c3ccccc3)n2)c1-c1nn(CNc2ccc(Cl)cc2)c(=S)o1. The van der Waals surface area contributed by atoms with Crippen LogP contribution in [-0.2, 0) is 6.67 Å². The fourth-order valence-electron chi connectivity index (χ4n) is 3.10. The molecule has 0 radical (unpaired) electrons. The molecule has 1 N–H and O–H groups in total. The first-order valence-electron chi connectivity index (χ1n) is 9.60. The molecule has 3 aromatic heterocycles. The molecule has 0 bridgehead atoms. The van der Waals surface area contributed by atoms with Crippen LogP contribution < -0.4 is 5.32 Å². The highest BCUT2D eigenvalue weighted by Gasteiger charge is 2.24. The molecule has 0 atom stereocenters. The smallest absolute Gasteiger partial charge is 0.289 e. The van der Waals surface area contributed by atoms with E-state index in [4.69, 9.17) is 32.8 Å². The topological polar surface area (TPSA) is 99.7 Å². The number of hydrogen-bond donors (Lipinski definition) is 1. The van der Waals surface area contributed by atoms with Gasteiger partial charge in [-0.2, -0.15) is 9.90 Å². The summed E-state index contributed by atoms with van der Waals surface area (Å²) in [4.78, 5) is 1.73. The molecule has 0 aliphatic carbocycles. The van der Waals surface area contributed by atoms with Crippen molar-refractivity contribution in [2.75, 3.05) is 5.32 Å². The van der Waals surface area contributed by atoms with Crippen LogP contribution >= 0.6 is 23.8 Å². The van der Waals surface area contributed by atoms with Crippen LogP contribution in [0.1, 0.15) is 5.76 Å². The standard InChI is InChI=1S/C21H16ClN7O2S/c1-13-18(19(27-31-13)17-11-24-29(25-17)16-5-3-2-4-6-16)20-26-28(21(32)30-20)12-23-15-9-7-14(22)8-10-15/h2-11,23H,12H2,1H3. The van der Waals surface area contributed by atoms with Crippen molar-refractivity contribution in [1.82, 2.24) is 29.9 Å². The zero-order valence-corrected chi connectivity index (χ0v) is 18.3. The molecule has 3 heterocycles. The van der Waals surface area contributed by atoms with Crippen LogP contribution in [-0.4, -0.2) is 29.9 Å². The van der Waals surface area contributed by atoms with E-state index < -0.39 is 0 Å². The van der Waals surface area contributed by atoms with Crippen LogP contribution in [0.4, 0.5) is 5.69 Å². The van der Waals surface area contributed by atoms with Gasteiger partial charge in [0.1, 0.15) is 29.4 Å². The number of para-hydroxylation sites is 1. The summed E-state index contributed by atoms with van der Waals surface area (Å²) >= 11 is 11.3.